The third kappa shape index (κ3) is 3.46. The second-order valence-electron chi connectivity index (χ2n) is 4.47. The van der Waals surface area contributed by atoms with E-state index < -0.39 is 0 Å². The van der Waals surface area contributed by atoms with Crippen LogP contribution in [0.1, 0.15) is 24.8 Å². The average Bonchev–Trinajstić information content (AvgIpc) is 2.53. The van der Waals surface area contributed by atoms with E-state index in [9.17, 15) is 4.79 Å². The summed E-state index contributed by atoms with van der Waals surface area (Å²) in [5, 5.41) is 0. The summed E-state index contributed by atoms with van der Waals surface area (Å²) in [5.41, 5.74) is 1.39. The number of rotatable bonds is 3. The second-order valence-corrected chi connectivity index (χ2v) is 4.47. The molecular formula is C14H19NO. The minimum absolute atomic E-state index is 0.433. The van der Waals surface area contributed by atoms with Gasteiger partial charge in [-0.2, -0.15) is 0 Å². The molecule has 2 heteroatoms. The topological polar surface area (TPSA) is 20.3 Å². The van der Waals surface area contributed by atoms with Crippen molar-refractivity contribution in [3.05, 3.63) is 35.9 Å². The number of Topliss-reactive ketones (excluding diaryl/α,β-unsaturated/α-hetero) is 1. The molecule has 1 aromatic rings. The summed E-state index contributed by atoms with van der Waals surface area (Å²) in [6.07, 6.45) is 3.65. The minimum Gasteiger partial charge on any atom is -0.303 e. The van der Waals surface area contributed by atoms with E-state index in [1.54, 1.807) is 0 Å². The molecule has 86 valence electrons. The van der Waals surface area contributed by atoms with Gasteiger partial charge >= 0.3 is 0 Å². The van der Waals surface area contributed by atoms with Crippen molar-refractivity contribution in [2.75, 3.05) is 19.6 Å². The highest BCUT2D eigenvalue weighted by Crippen LogP contribution is 2.08. The number of likely N-dealkylation sites (tertiary alicyclic amines) is 1. The van der Waals surface area contributed by atoms with Crippen molar-refractivity contribution in [3.8, 4) is 0 Å². The van der Waals surface area contributed by atoms with E-state index in [4.69, 9.17) is 0 Å². The number of nitrogens with zero attached hydrogens (tertiary/aromatic N) is 1. The molecule has 1 saturated heterocycles. The molecule has 1 heterocycles. The van der Waals surface area contributed by atoms with Gasteiger partial charge in [0.15, 0.2) is 0 Å². The van der Waals surface area contributed by atoms with E-state index in [0.29, 0.717) is 5.78 Å². The summed E-state index contributed by atoms with van der Waals surface area (Å²) < 4.78 is 0. The Labute approximate surface area is 97.3 Å². The van der Waals surface area contributed by atoms with Crippen LogP contribution in [0.5, 0.6) is 0 Å². The zero-order valence-corrected chi connectivity index (χ0v) is 9.69. The van der Waals surface area contributed by atoms with Crippen LogP contribution in [-0.4, -0.2) is 30.3 Å². The summed E-state index contributed by atoms with van der Waals surface area (Å²) in [6.45, 7) is 3.11. The highest BCUT2D eigenvalue weighted by atomic mass is 16.1. The number of hydrogen-bond donors (Lipinski definition) is 0. The molecule has 1 aliphatic rings. The SMILES string of the molecule is O=C1CCCN(CCc2ccccc2)CC1. The van der Waals surface area contributed by atoms with Gasteiger partial charge in [0.1, 0.15) is 5.78 Å². The van der Waals surface area contributed by atoms with Gasteiger partial charge in [-0.3, -0.25) is 4.79 Å². The average molecular weight is 217 g/mol. The minimum atomic E-state index is 0.433. The van der Waals surface area contributed by atoms with Gasteiger partial charge in [-0.25, -0.2) is 0 Å². The monoisotopic (exact) mass is 217 g/mol. The highest BCUT2D eigenvalue weighted by molar-refractivity contribution is 5.78. The molecule has 0 amide bonds. The lowest BCUT2D eigenvalue weighted by Crippen LogP contribution is -2.27. The molecule has 0 saturated carbocycles. The summed E-state index contributed by atoms with van der Waals surface area (Å²) in [4.78, 5) is 13.7. The van der Waals surface area contributed by atoms with Crippen LogP contribution in [-0.2, 0) is 11.2 Å². The van der Waals surface area contributed by atoms with Crippen LogP contribution in [0.4, 0.5) is 0 Å². The second kappa shape index (κ2) is 5.80. The number of ketones is 1. The number of benzene rings is 1. The zero-order chi connectivity index (χ0) is 11.2. The van der Waals surface area contributed by atoms with E-state index >= 15 is 0 Å². The van der Waals surface area contributed by atoms with E-state index in [1.165, 1.54) is 5.56 Å². The molecule has 0 N–H and O–H groups in total. The van der Waals surface area contributed by atoms with Gasteiger partial charge < -0.3 is 4.90 Å². The third-order valence-electron chi connectivity index (χ3n) is 3.20. The molecule has 2 rings (SSSR count). The molecule has 0 spiro atoms. The molecule has 0 bridgehead atoms. The Balaban J connectivity index is 1.79. The Hall–Kier alpha value is -1.15. The van der Waals surface area contributed by atoms with Crippen molar-refractivity contribution in [3.63, 3.8) is 0 Å². The van der Waals surface area contributed by atoms with E-state index in [0.717, 1.165) is 45.3 Å². The smallest absolute Gasteiger partial charge is 0.134 e. The Morgan fingerprint density at radius 1 is 1.06 bits per heavy atom. The van der Waals surface area contributed by atoms with Crippen LogP contribution < -0.4 is 0 Å². The van der Waals surface area contributed by atoms with Crippen LogP contribution >= 0.6 is 0 Å². The van der Waals surface area contributed by atoms with Gasteiger partial charge in [-0.05, 0) is 24.9 Å². The quantitative estimate of drug-likeness (QED) is 0.774. The fourth-order valence-electron chi connectivity index (χ4n) is 2.17. The van der Waals surface area contributed by atoms with E-state index in [1.807, 2.05) is 6.07 Å². The largest absolute Gasteiger partial charge is 0.303 e. The summed E-state index contributed by atoms with van der Waals surface area (Å²) in [7, 11) is 0. The van der Waals surface area contributed by atoms with Gasteiger partial charge in [0.25, 0.3) is 0 Å². The van der Waals surface area contributed by atoms with Gasteiger partial charge in [0.2, 0.25) is 0 Å². The van der Waals surface area contributed by atoms with Crippen molar-refractivity contribution >= 4 is 5.78 Å². The maximum atomic E-state index is 11.3. The van der Waals surface area contributed by atoms with Crippen molar-refractivity contribution in [1.29, 1.82) is 0 Å². The summed E-state index contributed by atoms with van der Waals surface area (Å²) in [6, 6.07) is 10.6. The van der Waals surface area contributed by atoms with Gasteiger partial charge in [-0.1, -0.05) is 30.3 Å². The number of carbonyl (C=O) groups excluding carboxylic acids is 1. The van der Waals surface area contributed by atoms with Gasteiger partial charge in [0.05, 0.1) is 0 Å². The van der Waals surface area contributed by atoms with Crippen molar-refractivity contribution in [2.45, 2.75) is 25.7 Å². The number of carbonyl (C=O) groups is 1. The predicted octanol–water partition coefficient (Wildman–Crippen LogP) is 2.28. The normalized spacial score (nSPS) is 18.4. The molecule has 1 aliphatic heterocycles. The zero-order valence-electron chi connectivity index (χ0n) is 9.69. The molecule has 16 heavy (non-hydrogen) atoms. The van der Waals surface area contributed by atoms with Crippen molar-refractivity contribution < 1.29 is 4.79 Å². The van der Waals surface area contributed by atoms with Gasteiger partial charge in [0, 0.05) is 25.9 Å². The molecular weight excluding hydrogens is 198 g/mol. The van der Waals surface area contributed by atoms with Crippen LogP contribution in [0.15, 0.2) is 30.3 Å². The van der Waals surface area contributed by atoms with Crippen LogP contribution in [0.2, 0.25) is 0 Å². The molecule has 0 radical (unpaired) electrons. The van der Waals surface area contributed by atoms with E-state index in [-0.39, 0.29) is 0 Å². The molecule has 0 atom stereocenters. The first-order chi connectivity index (χ1) is 7.84. The third-order valence-corrected chi connectivity index (χ3v) is 3.20. The Morgan fingerprint density at radius 3 is 2.69 bits per heavy atom. The lowest BCUT2D eigenvalue weighted by Gasteiger charge is -2.19. The van der Waals surface area contributed by atoms with Crippen LogP contribution in [0.3, 0.4) is 0 Å². The Morgan fingerprint density at radius 2 is 1.88 bits per heavy atom. The Bertz CT molecular complexity index is 334. The summed E-state index contributed by atoms with van der Waals surface area (Å²) in [5.74, 6) is 0.433. The predicted molar refractivity (Wildman–Crippen MR) is 65.4 cm³/mol. The van der Waals surface area contributed by atoms with Crippen molar-refractivity contribution in [2.24, 2.45) is 0 Å². The number of hydrogen-bond acceptors (Lipinski definition) is 2. The van der Waals surface area contributed by atoms with Gasteiger partial charge in [-0.15, -0.1) is 0 Å². The van der Waals surface area contributed by atoms with Crippen LogP contribution in [0.25, 0.3) is 0 Å². The Kier molecular flexibility index (Phi) is 4.11. The van der Waals surface area contributed by atoms with Crippen molar-refractivity contribution in [1.82, 2.24) is 4.90 Å². The first-order valence-electron chi connectivity index (χ1n) is 6.12. The standard InChI is InChI=1S/C14H19NO/c16-14-7-4-10-15(12-9-14)11-8-13-5-2-1-3-6-13/h1-3,5-6H,4,7-12H2. The summed E-state index contributed by atoms with van der Waals surface area (Å²) >= 11 is 0. The highest BCUT2D eigenvalue weighted by Gasteiger charge is 2.13. The fourth-order valence-corrected chi connectivity index (χ4v) is 2.17. The molecule has 0 aromatic heterocycles. The maximum Gasteiger partial charge on any atom is 0.134 e. The first kappa shape index (κ1) is 11.3. The molecule has 1 aromatic carbocycles. The fraction of sp³-hybridized carbons (Fsp3) is 0.500. The molecule has 1 fully saturated rings. The lowest BCUT2D eigenvalue weighted by molar-refractivity contribution is -0.118. The van der Waals surface area contributed by atoms with E-state index in [2.05, 4.69) is 29.2 Å². The molecule has 0 unspecified atom stereocenters. The lowest BCUT2D eigenvalue weighted by atomic mass is 10.1. The molecule has 2 nitrogen and oxygen atoms in total. The molecule has 0 aliphatic carbocycles. The van der Waals surface area contributed by atoms with Crippen LogP contribution in [0, 0.1) is 0 Å². The first-order valence-corrected chi connectivity index (χ1v) is 6.12. The maximum absolute atomic E-state index is 11.3.